The summed E-state index contributed by atoms with van der Waals surface area (Å²) in [5, 5.41) is 2.33. The molecular weight excluding hydrogens is 408 g/mol. The Morgan fingerprint density at radius 3 is 2.40 bits per heavy atom. The van der Waals surface area contributed by atoms with Gasteiger partial charge in [-0.3, -0.25) is 9.59 Å². The number of carbonyl (C=O) groups excluding carboxylic acids is 1. The third-order valence-corrected chi connectivity index (χ3v) is 3.93. The molecule has 30 heavy (non-hydrogen) atoms. The maximum absolute atomic E-state index is 13.6. The lowest BCUT2D eigenvalue weighted by atomic mass is 10.1. The summed E-state index contributed by atoms with van der Waals surface area (Å²) in [4.78, 5) is 26.4. The van der Waals surface area contributed by atoms with Gasteiger partial charge in [-0.05, 0) is 36.4 Å². The molecule has 2 aromatic carbocycles. The molecule has 1 aromatic heterocycles. The maximum Gasteiger partial charge on any atom is 0.416 e. The van der Waals surface area contributed by atoms with Crippen LogP contribution in [0.2, 0.25) is 0 Å². The molecule has 10 heteroatoms. The zero-order chi connectivity index (χ0) is 21.9. The van der Waals surface area contributed by atoms with Crippen LogP contribution >= 0.6 is 0 Å². The smallest absolute Gasteiger partial charge is 0.416 e. The molecule has 156 valence electrons. The van der Waals surface area contributed by atoms with Gasteiger partial charge in [0.05, 0.1) is 18.2 Å². The Morgan fingerprint density at radius 2 is 1.73 bits per heavy atom. The summed E-state index contributed by atoms with van der Waals surface area (Å²) < 4.78 is 63.6. The summed E-state index contributed by atoms with van der Waals surface area (Å²) in [6.07, 6.45) is -3.45. The van der Waals surface area contributed by atoms with Crippen molar-refractivity contribution in [1.29, 1.82) is 0 Å². The number of alkyl halides is 3. The predicted octanol–water partition coefficient (Wildman–Crippen LogP) is 4.59. The van der Waals surface area contributed by atoms with Gasteiger partial charge in [-0.25, -0.2) is 4.39 Å². The van der Waals surface area contributed by atoms with E-state index in [1.54, 1.807) is 0 Å². The molecule has 0 saturated carbocycles. The first-order valence-corrected chi connectivity index (χ1v) is 8.40. The number of benzene rings is 2. The fraction of sp³-hybridized carbons (Fsp3) is 0.100. The van der Waals surface area contributed by atoms with Crippen LogP contribution in [0.3, 0.4) is 0 Å². The number of hydrogen-bond acceptors (Lipinski definition) is 4. The molecule has 0 fully saturated rings. The Labute approximate surface area is 167 Å². The van der Waals surface area contributed by atoms with Crippen molar-refractivity contribution in [2.24, 2.45) is 0 Å². The molecule has 0 radical (unpaired) electrons. The van der Waals surface area contributed by atoms with Crippen LogP contribution < -0.4 is 20.3 Å². The number of carbonyl (C=O) groups is 1. The number of amides is 1. The molecule has 6 nitrogen and oxygen atoms in total. The summed E-state index contributed by atoms with van der Waals surface area (Å²) >= 11 is 0. The van der Waals surface area contributed by atoms with Gasteiger partial charge in [-0.1, -0.05) is 0 Å². The molecular formula is C20H14F4N2O4. The monoisotopic (exact) mass is 422 g/mol. The van der Waals surface area contributed by atoms with E-state index in [9.17, 15) is 27.2 Å². The van der Waals surface area contributed by atoms with Crippen molar-refractivity contribution in [3.05, 3.63) is 82.0 Å². The van der Waals surface area contributed by atoms with E-state index < -0.39 is 34.6 Å². The molecule has 0 aliphatic carbocycles. The van der Waals surface area contributed by atoms with Crippen LogP contribution in [0, 0.1) is 5.82 Å². The number of ether oxygens (including phenoxy) is 2. The lowest BCUT2D eigenvalue weighted by Gasteiger charge is -2.16. The molecule has 0 atom stereocenters. The summed E-state index contributed by atoms with van der Waals surface area (Å²) in [6.45, 7) is 0. The van der Waals surface area contributed by atoms with E-state index in [1.807, 2.05) is 0 Å². The van der Waals surface area contributed by atoms with Gasteiger partial charge in [-0.15, -0.1) is 0 Å². The molecule has 2 N–H and O–H groups in total. The normalized spacial score (nSPS) is 11.1. The Morgan fingerprint density at radius 1 is 1.00 bits per heavy atom. The summed E-state index contributed by atoms with van der Waals surface area (Å²) in [5.41, 5.74) is -2.01. The van der Waals surface area contributed by atoms with Crippen LogP contribution in [-0.2, 0) is 6.18 Å². The Bertz CT molecular complexity index is 1140. The van der Waals surface area contributed by atoms with E-state index >= 15 is 0 Å². The van der Waals surface area contributed by atoms with Crippen molar-refractivity contribution in [1.82, 2.24) is 4.98 Å². The Hall–Kier alpha value is -3.82. The Kier molecular flexibility index (Phi) is 5.77. The van der Waals surface area contributed by atoms with E-state index in [0.29, 0.717) is 6.07 Å². The number of methoxy groups -OCH3 is 1. The number of halogens is 4. The minimum absolute atomic E-state index is 0.0652. The SMILES string of the molecule is COc1ccc(F)cc1Oc1ccc(C(F)(F)F)cc1C(=O)Nc1cc[nH]c(=O)c1. The number of rotatable bonds is 5. The molecule has 0 saturated heterocycles. The topological polar surface area (TPSA) is 80.4 Å². The van der Waals surface area contributed by atoms with Crippen molar-refractivity contribution in [2.45, 2.75) is 6.18 Å². The standard InChI is InChI=1S/C20H14F4N2O4/c1-29-16-5-3-12(21)9-17(16)30-15-4-2-11(20(22,23)24)8-14(15)19(28)26-13-6-7-25-18(27)10-13/h2-10H,1H3,(H2,25,26,27,28). The van der Waals surface area contributed by atoms with Crippen LogP contribution in [0.25, 0.3) is 0 Å². The first-order valence-electron chi connectivity index (χ1n) is 8.40. The zero-order valence-electron chi connectivity index (χ0n) is 15.3. The van der Waals surface area contributed by atoms with E-state index in [1.165, 1.54) is 25.4 Å². The number of hydrogen-bond donors (Lipinski definition) is 2. The van der Waals surface area contributed by atoms with Gasteiger partial charge < -0.3 is 19.8 Å². The second-order valence-corrected chi connectivity index (χ2v) is 6.00. The van der Waals surface area contributed by atoms with Gasteiger partial charge in [0.1, 0.15) is 11.6 Å². The van der Waals surface area contributed by atoms with E-state index in [4.69, 9.17) is 9.47 Å². The van der Waals surface area contributed by atoms with Crippen molar-refractivity contribution in [2.75, 3.05) is 12.4 Å². The molecule has 0 unspecified atom stereocenters. The number of H-pyrrole nitrogens is 1. The number of pyridine rings is 1. The third kappa shape index (κ3) is 4.77. The minimum Gasteiger partial charge on any atom is -0.493 e. The van der Waals surface area contributed by atoms with Crippen LogP contribution in [0.15, 0.2) is 59.5 Å². The first kappa shape index (κ1) is 20.9. The van der Waals surface area contributed by atoms with E-state index in [0.717, 1.165) is 30.3 Å². The van der Waals surface area contributed by atoms with Gasteiger partial charge in [0.2, 0.25) is 5.56 Å². The molecule has 0 spiro atoms. The fourth-order valence-electron chi connectivity index (χ4n) is 2.54. The highest BCUT2D eigenvalue weighted by atomic mass is 19.4. The second-order valence-electron chi connectivity index (χ2n) is 6.00. The predicted molar refractivity (Wildman–Crippen MR) is 99.5 cm³/mol. The van der Waals surface area contributed by atoms with Crippen molar-refractivity contribution < 1.29 is 31.8 Å². The number of anilines is 1. The largest absolute Gasteiger partial charge is 0.493 e. The highest BCUT2D eigenvalue weighted by Crippen LogP contribution is 2.37. The molecule has 3 aromatic rings. The van der Waals surface area contributed by atoms with Crippen LogP contribution in [-0.4, -0.2) is 18.0 Å². The summed E-state index contributed by atoms with van der Waals surface area (Å²) in [5.74, 6) is -1.93. The average Bonchev–Trinajstić information content (AvgIpc) is 2.67. The van der Waals surface area contributed by atoms with Crippen LogP contribution in [0.1, 0.15) is 15.9 Å². The van der Waals surface area contributed by atoms with E-state index in [-0.39, 0.29) is 22.9 Å². The van der Waals surface area contributed by atoms with Gasteiger partial charge in [0.15, 0.2) is 11.5 Å². The molecule has 0 aliphatic heterocycles. The van der Waals surface area contributed by atoms with Crippen molar-refractivity contribution in [3.63, 3.8) is 0 Å². The van der Waals surface area contributed by atoms with E-state index in [2.05, 4.69) is 10.3 Å². The molecule has 1 amide bonds. The minimum atomic E-state index is -4.71. The summed E-state index contributed by atoms with van der Waals surface area (Å²) in [6, 6.07) is 8.03. The lowest BCUT2D eigenvalue weighted by molar-refractivity contribution is -0.137. The second kappa shape index (κ2) is 8.27. The lowest BCUT2D eigenvalue weighted by Crippen LogP contribution is -2.16. The molecule has 0 bridgehead atoms. The molecule has 0 aliphatic rings. The van der Waals surface area contributed by atoms with Gasteiger partial charge in [0.25, 0.3) is 5.91 Å². The van der Waals surface area contributed by atoms with Crippen LogP contribution in [0.4, 0.5) is 23.2 Å². The van der Waals surface area contributed by atoms with Crippen LogP contribution in [0.5, 0.6) is 17.2 Å². The fourth-order valence-corrected chi connectivity index (χ4v) is 2.54. The molecule has 1 heterocycles. The third-order valence-electron chi connectivity index (χ3n) is 3.93. The maximum atomic E-state index is 13.6. The Balaban J connectivity index is 2.04. The number of aromatic amines is 1. The number of nitrogens with one attached hydrogen (secondary N) is 2. The highest BCUT2D eigenvalue weighted by Gasteiger charge is 2.32. The zero-order valence-corrected chi connectivity index (χ0v) is 15.3. The average molecular weight is 422 g/mol. The van der Waals surface area contributed by atoms with Gasteiger partial charge >= 0.3 is 6.18 Å². The van der Waals surface area contributed by atoms with Gasteiger partial charge in [0, 0.05) is 24.0 Å². The highest BCUT2D eigenvalue weighted by molar-refractivity contribution is 6.06. The van der Waals surface area contributed by atoms with Crippen molar-refractivity contribution in [3.8, 4) is 17.2 Å². The first-order chi connectivity index (χ1) is 14.2. The summed E-state index contributed by atoms with van der Waals surface area (Å²) in [7, 11) is 1.30. The number of aromatic nitrogens is 1. The quantitative estimate of drug-likeness (QED) is 0.590. The molecule has 3 rings (SSSR count). The van der Waals surface area contributed by atoms with Crippen molar-refractivity contribution >= 4 is 11.6 Å². The van der Waals surface area contributed by atoms with Gasteiger partial charge in [-0.2, -0.15) is 13.2 Å².